The Morgan fingerprint density at radius 3 is 0.717 bits per heavy atom. The molecule has 4 nitrogen and oxygen atoms in total. The van der Waals surface area contributed by atoms with Crippen molar-refractivity contribution in [1.29, 1.82) is 0 Å². The van der Waals surface area contributed by atoms with E-state index in [1.807, 2.05) is 48.5 Å². The molecule has 6 heteroatoms. The first-order chi connectivity index (χ1) is 22.6. The van der Waals surface area contributed by atoms with Gasteiger partial charge in [-0.05, 0) is 91.6 Å². The van der Waals surface area contributed by atoms with Crippen molar-refractivity contribution in [2.75, 3.05) is 10.6 Å². The number of nitrogens with one attached hydrogen (secondary N) is 2. The minimum absolute atomic E-state index is 0.736. The Morgan fingerprint density at radius 1 is 0.304 bits per heavy atom. The van der Waals surface area contributed by atoms with Crippen LogP contribution in [0.15, 0.2) is 146 Å². The van der Waals surface area contributed by atoms with Crippen molar-refractivity contribution in [1.82, 2.24) is 0 Å². The summed E-state index contributed by atoms with van der Waals surface area (Å²) in [6.07, 6.45) is 0. The summed E-state index contributed by atoms with van der Waals surface area (Å²) in [6.45, 7) is 0. The summed E-state index contributed by atoms with van der Waals surface area (Å²) in [7, 11) is -5.12. The minimum Gasteiger partial charge on any atom is -0.354 e. The van der Waals surface area contributed by atoms with E-state index in [2.05, 4.69) is 108 Å². The van der Waals surface area contributed by atoms with Crippen LogP contribution in [0.1, 0.15) is 0 Å². The van der Waals surface area contributed by atoms with Crippen molar-refractivity contribution in [2.45, 2.75) is 0 Å². The fourth-order valence-electron chi connectivity index (χ4n) is 6.71. The Labute approximate surface area is 267 Å². The Morgan fingerprint density at radius 2 is 0.500 bits per heavy atom. The van der Waals surface area contributed by atoms with E-state index in [1.54, 1.807) is 0 Å². The first-order valence-corrected chi connectivity index (χ1v) is 18.2. The lowest BCUT2D eigenvalue weighted by molar-refractivity contribution is 0.597. The zero-order valence-electron chi connectivity index (χ0n) is 24.7. The third-order valence-electron chi connectivity index (χ3n) is 9.06. The van der Waals surface area contributed by atoms with Crippen LogP contribution in [0.4, 0.5) is 22.7 Å². The maximum Gasteiger partial charge on any atom is 0.135 e. The molecule has 0 bridgehead atoms. The predicted octanol–water partition coefficient (Wildman–Crippen LogP) is 9.12. The molecular weight excluding hydrogens is 602 g/mol. The van der Waals surface area contributed by atoms with Gasteiger partial charge in [-0.3, -0.25) is 0 Å². The fraction of sp³-hybridized carbons (Fsp3) is 0. The van der Waals surface area contributed by atoms with E-state index in [0.717, 1.165) is 87.1 Å². The number of rotatable bonds is 0. The van der Waals surface area contributed by atoms with Crippen LogP contribution in [0.2, 0.25) is 0 Å². The van der Waals surface area contributed by atoms with E-state index in [9.17, 15) is 9.13 Å². The zero-order valence-corrected chi connectivity index (χ0v) is 26.7. The van der Waals surface area contributed by atoms with Crippen molar-refractivity contribution in [2.24, 2.45) is 0 Å². The second kappa shape index (κ2) is 10.7. The van der Waals surface area contributed by atoms with Crippen LogP contribution >= 0.6 is 15.6 Å². The van der Waals surface area contributed by atoms with Crippen molar-refractivity contribution < 1.29 is 9.13 Å². The highest BCUT2D eigenvalue weighted by atomic mass is 31.1. The largest absolute Gasteiger partial charge is 0.354 e. The molecule has 0 fully saturated rings. The third kappa shape index (κ3) is 4.53. The smallest absolute Gasteiger partial charge is 0.135 e. The summed E-state index contributed by atoms with van der Waals surface area (Å²) in [6, 6.07) is 49.1. The summed E-state index contributed by atoms with van der Waals surface area (Å²) < 4.78 is 30.0. The van der Waals surface area contributed by atoms with Gasteiger partial charge >= 0.3 is 0 Å². The van der Waals surface area contributed by atoms with Gasteiger partial charge in [0.05, 0.1) is 0 Å². The highest BCUT2D eigenvalue weighted by Crippen LogP contribution is 2.39. The van der Waals surface area contributed by atoms with Crippen LogP contribution in [0.3, 0.4) is 0 Å². The van der Waals surface area contributed by atoms with Gasteiger partial charge in [0, 0.05) is 44.0 Å². The normalized spacial score (nSPS) is 15.9. The lowest BCUT2D eigenvalue weighted by atomic mass is 10.1. The second-order valence-corrected chi connectivity index (χ2v) is 15.4. The fourth-order valence-corrected chi connectivity index (χ4v) is 9.95. The lowest BCUT2D eigenvalue weighted by Gasteiger charge is -2.22. The van der Waals surface area contributed by atoms with Gasteiger partial charge in [0.25, 0.3) is 0 Å². The Hall–Kier alpha value is -5.14. The van der Waals surface area contributed by atoms with E-state index in [4.69, 9.17) is 0 Å². The molecule has 0 saturated heterocycles. The molecule has 0 radical (unpaired) electrons. The number of hydrogen-bond acceptors (Lipinski definition) is 4. The molecule has 220 valence electrons. The van der Waals surface area contributed by atoms with E-state index >= 15 is 0 Å². The summed E-state index contributed by atoms with van der Waals surface area (Å²) in [5, 5.41) is 18.5. The first kappa shape index (κ1) is 27.2. The number of fused-ring (bicyclic) bond motifs is 8. The van der Waals surface area contributed by atoms with Crippen molar-refractivity contribution in [3.8, 4) is 0 Å². The molecule has 0 aliphatic carbocycles. The standard InChI is InChI=1S/C40H28N2O2P2/c43-45-37-21-29-13-5-1-9-25(29)17-33(37)41-34-18-26-10-2-6-14-30(26)22-38(34)46(44)40-24-32-16-8-4-12-28(32)20-36(40)42-35-19-27-11-3-7-15-31(27)23-39(35)45/h1-24,41-42,45-46H. The van der Waals surface area contributed by atoms with Crippen LogP contribution in [-0.4, -0.2) is 0 Å². The van der Waals surface area contributed by atoms with E-state index in [-0.39, 0.29) is 0 Å². The van der Waals surface area contributed by atoms with Gasteiger partial charge in [0.1, 0.15) is 15.6 Å². The van der Waals surface area contributed by atoms with Gasteiger partial charge < -0.3 is 19.8 Å². The molecule has 0 atom stereocenters. The molecule has 1 aliphatic rings. The second-order valence-electron chi connectivity index (χ2n) is 11.9. The van der Waals surface area contributed by atoms with Gasteiger partial charge in [-0.2, -0.15) is 0 Å². The third-order valence-corrected chi connectivity index (χ3v) is 12.7. The summed E-state index contributed by atoms with van der Waals surface area (Å²) >= 11 is 0. The molecule has 0 spiro atoms. The minimum atomic E-state index is -2.56. The Bertz CT molecular complexity index is 2240. The Kier molecular flexibility index (Phi) is 6.35. The number of benzene rings is 8. The van der Waals surface area contributed by atoms with E-state index in [1.165, 1.54) is 0 Å². The number of anilines is 4. The number of hydrogen-bond donors (Lipinski definition) is 2. The van der Waals surface area contributed by atoms with Crippen LogP contribution in [0, 0.1) is 0 Å². The molecule has 2 N–H and O–H groups in total. The zero-order chi connectivity index (χ0) is 30.8. The van der Waals surface area contributed by atoms with Gasteiger partial charge in [0.2, 0.25) is 0 Å². The molecule has 0 saturated carbocycles. The monoisotopic (exact) mass is 630 g/mol. The molecule has 46 heavy (non-hydrogen) atoms. The van der Waals surface area contributed by atoms with Crippen LogP contribution in [-0.2, 0) is 9.13 Å². The van der Waals surface area contributed by atoms with E-state index in [0.29, 0.717) is 0 Å². The molecule has 1 aliphatic heterocycles. The molecule has 9 rings (SSSR count). The molecule has 0 amide bonds. The average molecular weight is 631 g/mol. The van der Waals surface area contributed by atoms with Crippen molar-refractivity contribution >= 4 is 103 Å². The van der Waals surface area contributed by atoms with E-state index < -0.39 is 15.6 Å². The molecule has 8 aromatic carbocycles. The topological polar surface area (TPSA) is 58.2 Å². The molecule has 0 unspecified atom stereocenters. The van der Waals surface area contributed by atoms with Crippen molar-refractivity contribution in [3.05, 3.63) is 146 Å². The highest BCUT2D eigenvalue weighted by Gasteiger charge is 2.24. The predicted molar refractivity (Wildman–Crippen MR) is 199 cm³/mol. The molecular formula is C40H28N2O2P2. The summed E-state index contributed by atoms with van der Waals surface area (Å²) in [4.78, 5) is 0. The van der Waals surface area contributed by atoms with Crippen LogP contribution in [0.5, 0.6) is 0 Å². The average Bonchev–Trinajstić information content (AvgIpc) is 3.09. The molecule has 8 aromatic rings. The summed E-state index contributed by atoms with van der Waals surface area (Å²) in [5.74, 6) is 0. The van der Waals surface area contributed by atoms with Crippen LogP contribution < -0.4 is 31.9 Å². The van der Waals surface area contributed by atoms with Gasteiger partial charge in [-0.1, -0.05) is 97.1 Å². The lowest BCUT2D eigenvalue weighted by Crippen LogP contribution is -2.20. The Balaban J connectivity index is 1.39. The van der Waals surface area contributed by atoms with Gasteiger partial charge in [-0.25, -0.2) is 0 Å². The SMILES string of the molecule is O=[PH]1c2cc3ccccc3cc2Nc2cc3ccccc3cc2[PH](=O)c2cc3ccccc3cc2Nc2cc3ccccc3cc21. The summed E-state index contributed by atoms with van der Waals surface area (Å²) in [5.41, 5.74) is 3.03. The van der Waals surface area contributed by atoms with Gasteiger partial charge in [-0.15, -0.1) is 0 Å². The first-order valence-electron chi connectivity index (χ1n) is 15.3. The molecule has 1 heterocycles. The highest BCUT2D eigenvalue weighted by molar-refractivity contribution is 7.63. The maximum absolute atomic E-state index is 15.0. The quantitative estimate of drug-likeness (QED) is 0.164. The van der Waals surface area contributed by atoms with Gasteiger partial charge in [0.15, 0.2) is 0 Å². The van der Waals surface area contributed by atoms with Crippen LogP contribution in [0.25, 0.3) is 43.1 Å². The molecule has 0 aromatic heterocycles. The van der Waals surface area contributed by atoms with Crippen molar-refractivity contribution in [3.63, 3.8) is 0 Å². The maximum atomic E-state index is 15.0.